The Hall–Kier alpha value is -1.90. The molecule has 2 bridgehead atoms. The van der Waals surface area contributed by atoms with Crippen LogP contribution in [-0.4, -0.2) is 41.6 Å². The Bertz CT molecular complexity index is 773. The molecule has 5 nitrogen and oxygen atoms in total. The lowest BCUT2D eigenvalue weighted by atomic mass is 9.61. The predicted octanol–water partition coefficient (Wildman–Crippen LogP) is 2.64. The van der Waals surface area contributed by atoms with Crippen molar-refractivity contribution < 1.29 is 9.90 Å². The van der Waals surface area contributed by atoms with Crippen molar-refractivity contribution >= 4 is 11.6 Å². The molecule has 3 aliphatic heterocycles. The molecule has 0 aromatic heterocycles. The van der Waals surface area contributed by atoms with E-state index in [-0.39, 0.29) is 11.3 Å². The average molecular weight is 353 g/mol. The monoisotopic (exact) mass is 353 g/mol. The highest BCUT2D eigenvalue weighted by Crippen LogP contribution is 2.55. The van der Waals surface area contributed by atoms with Gasteiger partial charge in [0.25, 0.3) is 0 Å². The van der Waals surface area contributed by atoms with Gasteiger partial charge in [0.15, 0.2) is 0 Å². The molecule has 4 rings (SSSR count). The number of rotatable bonds is 1. The predicted molar refractivity (Wildman–Crippen MR) is 99.4 cm³/mol. The Kier molecular flexibility index (Phi) is 4.09. The number of carbonyl (C=O) groups excluding carboxylic acids is 1. The zero-order valence-electron chi connectivity index (χ0n) is 15.6. The maximum atomic E-state index is 12.6. The third-order valence-electron chi connectivity index (χ3n) is 7.05. The van der Waals surface area contributed by atoms with Crippen LogP contribution < -0.4 is 4.90 Å². The molecule has 0 spiro atoms. The Labute approximate surface area is 155 Å². The van der Waals surface area contributed by atoms with Gasteiger partial charge in [-0.1, -0.05) is 25.1 Å². The second-order valence-corrected chi connectivity index (χ2v) is 8.23. The van der Waals surface area contributed by atoms with Crippen LogP contribution in [0.15, 0.2) is 24.3 Å². The van der Waals surface area contributed by atoms with Crippen LogP contribution >= 0.6 is 0 Å². The molecule has 3 unspecified atom stereocenters. The summed E-state index contributed by atoms with van der Waals surface area (Å²) in [6.07, 6.45) is 3.49. The van der Waals surface area contributed by atoms with Gasteiger partial charge in [-0.25, -0.2) is 0 Å². The third kappa shape index (κ3) is 2.25. The Morgan fingerprint density at radius 3 is 2.81 bits per heavy atom. The van der Waals surface area contributed by atoms with E-state index in [1.165, 1.54) is 0 Å². The molecule has 26 heavy (non-hydrogen) atoms. The first-order valence-corrected chi connectivity index (χ1v) is 9.70. The fraction of sp³-hybridized carbons (Fsp3) is 0.619. The standard InChI is InChI=1S/C21H27N3O2/c1-3-20-9-6-11-23(14-20)12-10-21(26)16-7-4-5-8-18(16)24(15(2)25)19(21)17(20)13-22/h4-5,7-8,17,19,26H,3,6,9-12,14H2,1-2H3/t17-,19?,20-,21?/m1/s1. The largest absolute Gasteiger partial charge is 0.383 e. The lowest BCUT2D eigenvalue weighted by molar-refractivity contribution is -0.121. The fourth-order valence-electron chi connectivity index (χ4n) is 5.73. The van der Waals surface area contributed by atoms with Gasteiger partial charge in [0.05, 0.1) is 23.7 Å². The van der Waals surface area contributed by atoms with Crippen LogP contribution in [-0.2, 0) is 10.4 Å². The summed E-state index contributed by atoms with van der Waals surface area (Å²) in [7, 11) is 0. The highest BCUT2D eigenvalue weighted by atomic mass is 16.3. The lowest BCUT2D eigenvalue weighted by Crippen LogP contribution is -2.61. The van der Waals surface area contributed by atoms with Crippen LogP contribution in [0, 0.1) is 22.7 Å². The van der Waals surface area contributed by atoms with Crippen molar-refractivity contribution in [1.29, 1.82) is 5.26 Å². The van der Waals surface area contributed by atoms with E-state index in [2.05, 4.69) is 17.9 Å². The summed E-state index contributed by atoms with van der Waals surface area (Å²) in [5.74, 6) is -0.491. The van der Waals surface area contributed by atoms with Crippen molar-refractivity contribution in [3.05, 3.63) is 29.8 Å². The van der Waals surface area contributed by atoms with E-state index >= 15 is 0 Å². The van der Waals surface area contributed by atoms with Gasteiger partial charge in [-0.3, -0.25) is 4.79 Å². The number of benzene rings is 1. The molecule has 138 valence electrons. The van der Waals surface area contributed by atoms with Crippen LogP contribution in [0.1, 0.15) is 45.1 Å². The number of piperidine rings is 1. The number of amides is 1. The van der Waals surface area contributed by atoms with Crippen molar-refractivity contribution in [3.63, 3.8) is 0 Å². The summed E-state index contributed by atoms with van der Waals surface area (Å²) < 4.78 is 0. The Morgan fingerprint density at radius 1 is 1.35 bits per heavy atom. The number of anilines is 1. The third-order valence-corrected chi connectivity index (χ3v) is 7.05. The highest BCUT2D eigenvalue weighted by Gasteiger charge is 2.60. The average Bonchev–Trinajstić information content (AvgIpc) is 2.90. The first kappa shape index (κ1) is 17.5. The molecule has 5 atom stereocenters. The SMILES string of the molecule is CC[C@]12CCCN(CCC3(O)c4ccccc4N(C(C)=O)C3[C@H]1C#N)C2. The molecule has 0 saturated carbocycles. The maximum absolute atomic E-state index is 12.6. The van der Waals surface area contributed by atoms with Gasteiger partial charge < -0.3 is 14.9 Å². The van der Waals surface area contributed by atoms with Crippen molar-refractivity contribution in [3.8, 4) is 6.07 Å². The maximum Gasteiger partial charge on any atom is 0.224 e. The van der Waals surface area contributed by atoms with E-state index in [0.29, 0.717) is 6.42 Å². The van der Waals surface area contributed by atoms with Crippen molar-refractivity contribution in [2.24, 2.45) is 11.3 Å². The smallest absolute Gasteiger partial charge is 0.224 e. The van der Waals surface area contributed by atoms with Crippen molar-refractivity contribution in [1.82, 2.24) is 4.90 Å². The fourth-order valence-corrected chi connectivity index (χ4v) is 5.73. The number of fused-ring (bicyclic) bond motifs is 5. The van der Waals surface area contributed by atoms with Crippen LogP contribution in [0.3, 0.4) is 0 Å². The molecular weight excluding hydrogens is 326 g/mol. The quantitative estimate of drug-likeness (QED) is 0.843. The summed E-state index contributed by atoms with van der Waals surface area (Å²) in [6, 6.07) is 9.68. The van der Waals surface area contributed by atoms with E-state index in [9.17, 15) is 15.2 Å². The van der Waals surface area contributed by atoms with Gasteiger partial charge in [0.1, 0.15) is 5.60 Å². The minimum atomic E-state index is -1.17. The number of nitrogens with zero attached hydrogens (tertiary/aromatic N) is 3. The minimum absolute atomic E-state index is 0.0990. The van der Waals surface area contributed by atoms with E-state index < -0.39 is 17.6 Å². The topological polar surface area (TPSA) is 67.6 Å². The zero-order chi connectivity index (χ0) is 18.5. The Morgan fingerprint density at radius 2 is 2.12 bits per heavy atom. The summed E-state index contributed by atoms with van der Waals surface area (Å²) >= 11 is 0. The van der Waals surface area contributed by atoms with Crippen LogP contribution in [0.4, 0.5) is 5.69 Å². The molecule has 1 N–H and O–H groups in total. The Balaban J connectivity index is 1.93. The van der Waals surface area contributed by atoms with Gasteiger partial charge in [-0.15, -0.1) is 0 Å². The molecule has 1 aromatic rings. The normalized spacial score (nSPS) is 38.5. The van der Waals surface area contributed by atoms with Crippen LogP contribution in [0.5, 0.6) is 0 Å². The molecule has 3 heterocycles. The molecule has 1 aromatic carbocycles. The molecule has 0 radical (unpaired) electrons. The molecule has 2 saturated heterocycles. The molecule has 5 heteroatoms. The first-order chi connectivity index (χ1) is 12.5. The first-order valence-electron chi connectivity index (χ1n) is 9.70. The van der Waals surface area contributed by atoms with E-state index in [4.69, 9.17) is 0 Å². The molecule has 3 aliphatic rings. The van der Waals surface area contributed by atoms with Crippen LogP contribution in [0.2, 0.25) is 0 Å². The van der Waals surface area contributed by atoms with Gasteiger partial charge in [-0.05, 0) is 38.3 Å². The van der Waals surface area contributed by atoms with Crippen molar-refractivity contribution in [2.75, 3.05) is 24.5 Å². The highest BCUT2D eigenvalue weighted by molar-refractivity contribution is 5.95. The lowest BCUT2D eigenvalue weighted by Gasteiger charge is -2.52. The van der Waals surface area contributed by atoms with Crippen LogP contribution in [0.25, 0.3) is 0 Å². The summed E-state index contributed by atoms with van der Waals surface area (Å²) in [6.45, 7) is 6.40. The van der Waals surface area contributed by atoms with E-state index in [1.807, 2.05) is 24.3 Å². The van der Waals surface area contributed by atoms with E-state index in [0.717, 1.165) is 50.1 Å². The van der Waals surface area contributed by atoms with Gasteiger partial charge in [0.2, 0.25) is 5.91 Å². The number of hydrogen-bond donors (Lipinski definition) is 1. The van der Waals surface area contributed by atoms with Crippen molar-refractivity contribution in [2.45, 2.75) is 51.2 Å². The van der Waals surface area contributed by atoms with E-state index in [1.54, 1.807) is 11.8 Å². The second-order valence-electron chi connectivity index (χ2n) is 8.23. The van der Waals surface area contributed by atoms with Gasteiger partial charge in [0, 0.05) is 31.0 Å². The second kappa shape index (κ2) is 6.07. The number of para-hydroxylation sites is 1. The zero-order valence-corrected chi connectivity index (χ0v) is 15.6. The number of aliphatic hydroxyl groups is 1. The molecule has 0 aliphatic carbocycles. The number of nitriles is 1. The number of carbonyl (C=O) groups is 1. The molecular formula is C21H27N3O2. The summed E-state index contributed by atoms with van der Waals surface area (Å²) in [4.78, 5) is 16.7. The van der Waals surface area contributed by atoms with Gasteiger partial charge in [-0.2, -0.15) is 5.26 Å². The van der Waals surface area contributed by atoms with Gasteiger partial charge >= 0.3 is 0 Å². The number of hydrogen-bond acceptors (Lipinski definition) is 4. The minimum Gasteiger partial charge on any atom is -0.383 e. The summed E-state index contributed by atoms with van der Waals surface area (Å²) in [5, 5.41) is 22.1. The molecule has 1 amide bonds. The molecule has 2 fully saturated rings. The summed E-state index contributed by atoms with van der Waals surface area (Å²) in [5.41, 5.74) is 0.222.